The van der Waals surface area contributed by atoms with Gasteiger partial charge in [-0.15, -0.1) is 0 Å². The Bertz CT molecular complexity index is 346. The van der Waals surface area contributed by atoms with Crippen LogP contribution in [0.15, 0.2) is 24.3 Å². The Hall–Kier alpha value is -1.06. The summed E-state index contributed by atoms with van der Waals surface area (Å²) in [5, 5.41) is 0. The maximum Gasteiger partial charge on any atom is 0.0470 e. The first-order valence-corrected chi connectivity index (χ1v) is 7.35. The van der Waals surface area contributed by atoms with Crippen molar-refractivity contribution in [3.63, 3.8) is 0 Å². The number of anilines is 1. The monoisotopic (exact) mass is 263 g/mol. The molecule has 108 valence electrons. The van der Waals surface area contributed by atoms with Gasteiger partial charge in [-0.25, -0.2) is 0 Å². The van der Waals surface area contributed by atoms with Crippen LogP contribution < -0.4 is 10.6 Å². The third-order valence-electron chi connectivity index (χ3n) is 3.66. The maximum absolute atomic E-state index is 6.00. The summed E-state index contributed by atoms with van der Waals surface area (Å²) in [7, 11) is 4.13. The highest BCUT2D eigenvalue weighted by Gasteiger charge is 2.17. The molecule has 0 aliphatic rings. The van der Waals surface area contributed by atoms with Gasteiger partial charge in [-0.3, -0.25) is 4.90 Å². The van der Waals surface area contributed by atoms with Gasteiger partial charge in [0.2, 0.25) is 0 Å². The van der Waals surface area contributed by atoms with Crippen LogP contribution in [0.1, 0.15) is 38.3 Å². The molecule has 0 aromatic heterocycles. The van der Waals surface area contributed by atoms with E-state index in [9.17, 15) is 0 Å². The zero-order valence-corrected chi connectivity index (χ0v) is 12.9. The van der Waals surface area contributed by atoms with Crippen molar-refractivity contribution >= 4 is 5.69 Å². The third-order valence-corrected chi connectivity index (χ3v) is 3.66. The van der Waals surface area contributed by atoms with Crippen molar-refractivity contribution in [3.8, 4) is 0 Å². The molecule has 3 nitrogen and oxygen atoms in total. The number of hydrogen-bond acceptors (Lipinski definition) is 3. The molecule has 0 saturated heterocycles. The summed E-state index contributed by atoms with van der Waals surface area (Å²) < 4.78 is 0. The Morgan fingerprint density at radius 3 is 2.16 bits per heavy atom. The summed E-state index contributed by atoms with van der Waals surface area (Å²) in [6.45, 7) is 7.31. The minimum atomic E-state index is 0.341. The van der Waals surface area contributed by atoms with Crippen LogP contribution >= 0.6 is 0 Å². The van der Waals surface area contributed by atoms with Crippen LogP contribution in [0.25, 0.3) is 0 Å². The molecule has 1 rings (SSSR count). The molecular formula is C16H29N3. The summed E-state index contributed by atoms with van der Waals surface area (Å²) in [5.41, 5.74) is 8.56. The molecule has 0 amide bonds. The molecule has 1 aromatic rings. The zero-order chi connectivity index (χ0) is 14.3. The summed E-state index contributed by atoms with van der Waals surface area (Å²) in [4.78, 5) is 4.60. The molecule has 19 heavy (non-hydrogen) atoms. The Morgan fingerprint density at radius 2 is 1.74 bits per heavy atom. The molecule has 3 heteroatoms. The molecule has 0 heterocycles. The number of rotatable bonds is 8. The summed E-state index contributed by atoms with van der Waals surface area (Å²) in [6.07, 6.45) is 2.47. The highest BCUT2D eigenvalue weighted by molar-refractivity contribution is 5.46. The lowest BCUT2D eigenvalue weighted by Gasteiger charge is -2.30. The molecule has 0 spiro atoms. The van der Waals surface area contributed by atoms with Gasteiger partial charge in [0.1, 0.15) is 0 Å². The lowest BCUT2D eigenvalue weighted by atomic mass is 10.0. The largest absolute Gasteiger partial charge is 0.378 e. The molecule has 0 saturated carbocycles. The quantitative estimate of drug-likeness (QED) is 0.783. The Balaban J connectivity index is 2.82. The van der Waals surface area contributed by atoms with E-state index < -0.39 is 0 Å². The van der Waals surface area contributed by atoms with Crippen molar-refractivity contribution in [2.75, 3.05) is 38.6 Å². The van der Waals surface area contributed by atoms with Crippen molar-refractivity contribution in [1.82, 2.24) is 4.90 Å². The Kier molecular flexibility index (Phi) is 6.89. The van der Waals surface area contributed by atoms with E-state index in [4.69, 9.17) is 5.73 Å². The second kappa shape index (κ2) is 8.18. The van der Waals surface area contributed by atoms with Gasteiger partial charge in [0.25, 0.3) is 0 Å². The van der Waals surface area contributed by atoms with E-state index in [0.717, 1.165) is 13.1 Å². The highest BCUT2D eigenvalue weighted by atomic mass is 15.2. The summed E-state index contributed by atoms with van der Waals surface area (Å²) in [6, 6.07) is 9.10. The number of benzene rings is 1. The predicted octanol–water partition coefficient (Wildman–Crippen LogP) is 2.87. The zero-order valence-electron chi connectivity index (χ0n) is 12.9. The van der Waals surface area contributed by atoms with Gasteiger partial charge in [-0.05, 0) is 37.2 Å². The predicted molar refractivity (Wildman–Crippen MR) is 84.7 cm³/mol. The number of hydrogen-bond donors (Lipinski definition) is 1. The van der Waals surface area contributed by atoms with E-state index in [1.807, 2.05) is 0 Å². The van der Waals surface area contributed by atoms with Crippen LogP contribution in [0.3, 0.4) is 0 Å². The van der Waals surface area contributed by atoms with Crippen LogP contribution in [-0.4, -0.2) is 38.6 Å². The first-order chi connectivity index (χ1) is 9.13. The van der Waals surface area contributed by atoms with Crippen molar-refractivity contribution in [2.24, 2.45) is 5.73 Å². The number of unbranched alkanes of at least 4 members (excludes halogenated alkanes) is 1. The van der Waals surface area contributed by atoms with Crippen LogP contribution in [0.4, 0.5) is 5.69 Å². The SMILES string of the molecule is CCCCN(CC)C(CN)c1ccc(N(C)C)cc1. The topological polar surface area (TPSA) is 32.5 Å². The fraction of sp³-hybridized carbons (Fsp3) is 0.625. The van der Waals surface area contributed by atoms with Crippen LogP contribution in [0, 0.1) is 0 Å². The maximum atomic E-state index is 6.00. The molecule has 1 unspecified atom stereocenters. The second-order valence-electron chi connectivity index (χ2n) is 5.22. The van der Waals surface area contributed by atoms with Gasteiger partial charge in [-0.1, -0.05) is 32.4 Å². The van der Waals surface area contributed by atoms with Crippen LogP contribution in [-0.2, 0) is 0 Å². The number of nitrogens with zero attached hydrogens (tertiary/aromatic N) is 2. The third kappa shape index (κ3) is 4.51. The first-order valence-electron chi connectivity index (χ1n) is 7.35. The molecule has 0 bridgehead atoms. The standard InChI is InChI=1S/C16H29N3/c1-5-7-12-19(6-2)16(13-17)14-8-10-15(11-9-14)18(3)4/h8-11,16H,5-7,12-13,17H2,1-4H3. The van der Waals surface area contributed by atoms with Gasteiger partial charge in [0.05, 0.1) is 0 Å². The molecular weight excluding hydrogens is 234 g/mol. The molecule has 0 fully saturated rings. The number of nitrogens with two attached hydrogens (primary N) is 1. The van der Waals surface area contributed by atoms with Gasteiger partial charge in [0.15, 0.2) is 0 Å². The minimum absolute atomic E-state index is 0.341. The Labute approximate surface area is 118 Å². The van der Waals surface area contributed by atoms with Gasteiger partial charge in [0, 0.05) is 32.4 Å². The van der Waals surface area contributed by atoms with E-state index in [0.29, 0.717) is 12.6 Å². The lowest BCUT2D eigenvalue weighted by Crippen LogP contribution is -2.34. The molecule has 2 N–H and O–H groups in total. The molecule has 0 radical (unpaired) electrons. The van der Waals surface area contributed by atoms with Crippen LogP contribution in [0.2, 0.25) is 0 Å². The first kappa shape index (κ1) is 16.0. The average Bonchev–Trinajstić information content (AvgIpc) is 2.43. The van der Waals surface area contributed by atoms with Gasteiger partial charge >= 0.3 is 0 Å². The van der Waals surface area contributed by atoms with E-state index in [1.165, 1.54) is 24.1 Å². The molecule has 1 aromatic carbocycles. The number of likely N-dealkylation sites (N-methyl/N-ethyl adjacent to an activating group) is 1. The fourth-order valence-corrected chi connectivity index (χ4v) is 2.39. The Morgan fingerprint density at radius 1 is 1.11 bits per heavy atom. The fourth-order valence-electron chi connectivity index (χ4n) is 2.39. The van der Waals surface area contributed by atoms with Gasteiger partial charge < -0.3 is 10.6 Å². The summed E-state index contributed by atoms with van der Waals surface area (Å²) in [5.74, 6) is 0. The smallest absolute Gasteiger partial charge is 0.0470 e. The average molecular weight is 263 g/mol. The normalized spacial score (nSPS) is 12.7. The van der Waals surface area contributed by atoms with E-state index >= 15 is 0 Å². The molecule has 0 aliphatic carbocycles. The van der Waals surface area contributed by atoms with E-state index in [2.05, 4.69) is 62.0 Å². The second-order valence-corrected chi connectivity index (χ2v) is 5.22. The molecule has 0 aliphatic heterocycles. The lowest BCUT2D eigenvalue weighted by molar-refractivity contribution is 0.209. The van der Waals surface area contributed by atoms with Crippen molar-refractivity contribution in [2.45, 2.75) is 32.7 Å². The summed E-state index contributed by atoms with van der Waals surface area (Å²) >= 11 is 0. The van der Waals surface area contributed by atoms with Crippen molar-refractivity contribution < 1.29 is 0 Å². The minimum Gasteiger partial charge on any atom is -0.378 e. The van der Waals surface area contributed by atoms with Crippen molar-refractivity contribution in [3.05, 3.63) is 29.8 Å². The van der Waals surface area contributed by atoms with Gasteiger partial charge in [-0.2, -0.15) is 0 Å². The van der Waals surface area contributed by atoms with Crippen molar-refractivity contribution in [1.29, 1.82) is 0 Å². The van der Waals surface area contributed by atoms with E-state index in [1.54, 1.807) is 0 Å². The highest BCUT2D eigenvalue weighted by Crippen LogP contribution is 2.22. The van der Waals surface area contributed by atoms with Crippen LogP contribution in [0.5, 0.6) is 0 Å². The van der Waals surface area contributed by atoms with E-state index in [-0.39, 0.29) is 0 Å². The molecule has 1 atom stereocenters.